The Hall–Kier alpha value is -1.10. The van der Waals surface area contributed by atoms with Crippen LogP contribution in [0, 0.1) is 5.92 Å². The molecule has 1 aliphatic carbocycles. The molecule has 17 heavy (non-hydrogen) atoms. The molecule has 1 fully saturated rings. The van der Waals surface area contributed by atoms with E-state index in [1.165, 1.54) is 32.1 Å². The Bertz CT molecular complexity index is 333. The molecule has 5 heteroatoms. The molecule has 96 valence electrons. The van der Waals surface area contributed by atoms with E-state index in [4.69, 9.17) is 4.42 Å². The van der Waals surface area contributed by atoms with Crippen molar-refractivity contribution < 1.29 is 4.42 Å². The van der Waals surface area contributed by atoms with Crippen molar-refractivity contribution in [2.75, 3.05) is 18.9 Å². The summed E-state index contributed by atoms with van der Waals surface area (Å²) in [5.74, 6) is 1.52. The maximum atomic E-state index is 5.51. The molecule has 5 nitrogen and oxygen atoms in total. The zero-order valence-corrected chi connectivity index (χ0v) is 10.7. The van der Waals surface area contributed by atoms with Gasteiger partial charge in [-0.05, 0) is 26.3 Å². The molecule has 1 aliphatic rings. The molecule has 0 spiro atoms. The average molecular weight is 238 g/mol. The summed E-state index contributed by atoms with van der Waals surface area (Å²) in [6.45, 7) is 2.93. The first-order chi connectivity index (χ1) is 8.29. The fourth-order valence-electron chi connectivity index (χ4n) is 2.29. The second-order valence-corrected chi connectivity index (χ2v) is 4.82. The van der Waals surface area contributed by atoms with Crippen molar-refractivity contribution in [2.24, 2.45) is 5.92 Å². The van der Waals surface area contributed by atoms with Crippen LogP contribution in [0.2, 0.25) is 0 Å². The zero-order valence-electron chi connectivity index (χ0n) is 10.7. The van der Waals surface area contributed by atoms with Gasteiger partial charge in [-0.15, -0.1) is 5.10 Å². The highest BCUT2D eigenvalue weighted by molar-refractivity contribution is 5.17. The normalized spacial score (nSPS) is 18.5. The second-order valence-electron chi connectivity index (χ2n) is 4.82. The first-order valence-corrected chi connectivity index (χ1v) is 6.54. The third-order valence-corrected chi connectivity index (χ3v) is 3.55. The maximum Gasteiger partial charge on any atom is 0.315 e. The topological polar surface area (TPSA) is 63.0 Å². The van der Waals surface area contributed by atoms with E-state index in [9.17, 15) is 0 Å². The monoisotopic (exact) mass is 238 g/mol. The van der Waals surface area contributed by atoms with Crippen LogP contribution in [-0.2, 0) is 0 Å². The van der Waals surface area contributed by atoms with Crippen molar-refractivity contribution >= 4 is 6.01 Å². The minimum atomic E-state index is 0.105. The lowest BCUT2D eigenvalue weighted by molar-refractivity contribution is 0.438. The van der Waals surface area contributed by atoms with Crippen LogP contribution in [0.4, 0.5) is 6.01 Å². The number of hydrogen-bond donors (Lipinski definition) is 2. The molecule has 1 aromatic rings. The van der Waals surface area contributed by atoms with E-state index in [-0.39, 0.29) is 6.04 Å². The molecule has 0 amide bonds. The van der Waals surface area contributed by atoms with Gasteiger partial charge < -0.3 is 15.1 Å². The number of nitrogens with zero attached hydrogens (tertiary/aromatic N) is 2. The Balaban J connectivity index is 1.73. The maximum absolute atomic E-state index is 5.51. The summed E-state index contributed by atoms with van der Waals surface area (Å²) in [4.78, 5) is 0. The van der Waals surface area contributed by atoms with E-state index in [2.05, 4.69) is 20.8 Å². The number of aromatic nitrogens is 2. The van der Waals surface area contributed by atoms with Crippen molar-refractivity contribution in [3.8, 4) is 0 Å². The van der Waals surface area contributed by atoms with Gasteiger partial charge in [-0.1, -0.05) is 30.8 Å². The summed E-state index contributed by atoms with van der Waals surface area (Å²) >= 11 is 0. The van der Waals surface area contributed by atoms with E-state index in [1.54, 1.807) is 0 Å². The fourth-order valence-corrected chi connectivity index (χ4v) is 2.29. The minimum absolute atomic E-state index is 0.105. The van der Waals surface area contributed by atoms with Crippen molar-refractivity contribution in [2.45, 2.75) is 45.1 Å². The van der Waals surface area contributed by atoms with Gasteiger partial charge in [0.1, 0.15) is 0 Å². The van der Waals surface area contributed by atoms with E-state index in [0.717, 1.165) is 12.5 Å². The summed E-state index contributed by atoms with van der Waals surface area (Å²) in [6.07, 6.45) is 6.77. The second kappa shape index (κ2) is 6.00. The van der Waals surface area contributed by atoms with Gasteiger partial charge in [-0.3, -0.25) is 0 Å². The third kappa shape index (κ3) is 3.43. The first kappa shape index (κ1) is 12.4. The van der Waals surface area contributed by atoms with Gasteiger partial charge in [0.2, 0.25) is 5.89 Å². The van der Waals surface area contributed by atoms with Gasteiger partial charge in [-0.2, -0.15) is 0 Å². The Morgan fingerprint density at radius 2 is 2.12 bits per heavy atom. The van der Waals surface area contributed by atoms with Crippen LogP contribution in [0.3, 0.4) is 0 Å². The molecule has 0 saturated heterocycles. The molecule has 1 heterocycles. The van der Waals surface area contributed by atoms with Crippen molar-refractivity contribution in [1.82, 2.24) is 15.5 Å². The minimum Gasteiger partial charge on any atom is -0.406 e. The van der Waals surface area contributed by atoms with Crippen LogP contribution in [0.25, 0.3) is 0 Å². The van der Waals surface area contributed by atoms with Crippen LogP contribution >= 0.6 is 0 Å². The van der Waals surface area contributed by atoms with E-state index in [0.29, 0.717) is 11.9 Å². The molecule has 1 aromatic heterocycles. The van der Waals surface area contributed by atoms with Crippen LogP contribution < -0.4 is 10.6 Å². The molecule has 2 rings (SSSR count). The summed E-state index contributed by atoms with van der Waals surface area (Å²) in [6, 6.07) is 0.646. The van der Waals surface area contributed by atoms with Gasteiger partial charge in [0, 0.05) is 6.54 Å². The van der Waals surface area contributed by atoms with E-state index in [1.807, 2.05) is 14.0 Å². The van der Waals surface area contributed by atoms with E-state index < -0.39 is 0 Å². The standard InChI is InChI=1S/C12H22N4O/c1-9(13-2)11-15-16-12(17-11)14-8-7-10-5-3-4-6-10/h9-10,13H,3-8H2,1-2H3,(H,14,16). The molecular weight excluding hydrogens is 216 g/mol. The number of anilines is 1. The average Bonchev–Trinajstić information content (AvgIpc) is 2.99. The molecule has 1 saturated carbocycles. The van der Waals surface area contributed by atoms with Gasteiger partial charge in [0.05, 0.1) is 6.04 Å². The highest BCUT2D eigenvalue weighted by Gasteiger charge is 2.15. The van der Waals surface area contributed by atoms with Crippen LogP contribution in [-0.4, -0.2) is 23.8 Å². The van der Waals surface area contributed by atoms with Gasteiger partial charge >= 0.3 is 6.01 Å². The van der Waals surface area contributed by atoms with E-state index >= 15 is 0 Å². The van der Waals surface area contributed by atoms with Crippen LogP contribution in [0.1, 0.15) is 51.0 Å². The van der Waals surface area contributed by atoms with Gasteiger partial charge in [-0.25, -0.2) is 0 Å². The highest BCUT2D eigenvalue weighted by atomic mass is 16.4. The predicted molar refractivity (Wildman–Crippen MR) is 66.8 cm³/mol. The zero-order chi connectivity index (χ0) is 12.1. The first-order valence-electron chi connectivity index (χ1n) is 6.54. The van der Waals surface area contributed by atoms with Crippen LogP contribution in [0.15, 0.2) is 4.42 Å². The summed E-state index contributed by atoms with van der Waals surface area (Å²) in [5, 5.41) is 14.3. The molecule has 0 aromatic carbocycles. The Kier molecular flexibility index (Phi) is 4.36. The number of hydrogen-bond acceptors (Lipinski definition) is 5. The molecule has 0 aliphatic heterocycles. The quantitative estimate of drug-likeness (QED) is 0.796. The van der Waals surface area contributed by atoms with Crippen molar-refractivity contribution in [1.29, 1.82) is 0 Å². The fraction of sp³-hybridized carbons (Fsp3) is 0.833. The lowest BCUT2D eigenvalue weighted by atomic mass is 10.0. The molecule has 0 radical (unpaired) electrons. The lowest BCUT2D eigenvalue weighted by Gasteiger charge is -2.08. The molecule has 1 atom stereocenters. The van der Waals surface area contributed by atoms with Crippen molar-refractivity contribution in [3.05, 3.63) is 5.89 Å². The number of nitrogens with one attached hydrogen (secondary N) is 2. The SMILES string of the molecule is CNC(C)c1nnc(NCCC2CCCC2)o1. The smallest absolute Gasteiger partial charge is 0.315 e. The highest BCUT2D eigenvalue weighted by Crippen LogP contribution is 2.27. The Morgan fingerprint density at radius 1 is 1.35 bits per heavy atom. The summed E-state index contributed by atoms with van der Waals surface area (Å²) < 4.78 is 5.51. The van der Waals surface area contributed by atoms with Crippen LogP contribution in [0.5, 0.6) is 0 Å². The lowest BCUT2D eigenvalue weighted by Crippen LogP contribution is -2.12. The van der Waals surface area contributed by atoms with Crippen molar-refractivity contribution in [3.63, 3.8) is 0 Å². The summed E-state index contributed by atoms with van der Waals surface area (Å²) in [7, 11) is 1.88. The Labute approximate surface area is 102 Å². The molecule has 1 unspecified atom stereocenters. The molecule has 0 bridgehead atoms. The Morgan fingerprint density at radius 3 is 2.82 bits per heavy atom. The number of rotatable bonds is 6. The molecular formula is C12H22N4O. The predicted octanol–water partition coefficient (Wildman–Crippen LogP) is 2.34. The third-order valence-electron chi connectivity index (χ3n) is 3.55. The largest absolute Gasteiger partial charge is 0.406 e. The van der Waals surface area contributed by atoms with Gasteiger partial charge in [0.15, 0.2) is 0 Å². The molecule has 2 N–H and O–H groups in total. The summed E-state index contributed by atoms with van der Waals surface area (Å²) in [5.41, 5.74) is 0. The van der Waals surface area contributed by atoms with Gasteiger partial charge in [0.25, 0.3) is 0 Å².